The number of hydrogen-bond acceptors (Lipinski definition) is 4. The summed E-state index contributed by atoms with van der Waals surface area (Å²) in [6.45, 7) is 0. The normalized spacial score (nSPS) is 15.1. The molecule has 1 aliphatic carbocycles. The van der Waals surface area contributed by atoms with Crippen LogP contribution in [0.1, 0.15) is 52.8 Å². The Balaban J connectivity index is 1.85. The van der Waals surface area contributed by atoms with Gasteiger partial charge in [-0.15, -0.1) is 0 Å². The second-order valence-corrected chi connectivity index (χ2v) is 9.02. The predicted molar refractivity (Wildman–Crippen MR) is 110 cm³/mol. The van der Waals surface area contributed by atoms with Crippen LogP contribution in [0.2, 0.25) is 5.02 Å². The number of benzene rings is 2. The fraction of sp³-hybridized carbons (Fsp3) is 0.300. The third-order valence-corrected chi connectivity index (χ3v) is 6.67. The quantitative estimate of drug-likeness (QED) is 0.635. The molecule has 0 unspecified atom stereocenters. The number of carbonyl (C=O) groups is 2. The Labute approximate surface area is 174 Å². The molecule has 0 spiro atoms. The summed E-state index contributed by atoms with van der Waals surface area (Å²) in [7, 11) is -3.81. The van der Waals surface area contributed by atoms with Gasteiger partial charge in [0.2, 0.25) is 10.0 Å². The molecular formula is C20H21ClN2O5S. The third-order valence-electron chi connectivity index (χ3n) is 4.83. The Morgan fingerprint density at radius 3 is 2.38 bits per heavy atom. The van der Waals surface area contributed by atoms with E-state index in [1.54, 1.807) is 6.07 Å². The molecule has 0 aliphatic heterocycles. The molecule has 0 heterocycles. The summed E-state index contributed by atoms with van der Waals surface area (Å²) in [5.41, 5.74) is -0.0484. The number of amides is 1. The lowest BCUT2D eigenvalue weighted by molar-refractivity contribution is 0.0698. The summed E-state index contributed by atoms with van der Waals surface area (Å²) < 4.78 is 28.1. The largest absolute Gasteiger partial charge is 0.478 e. The third kappa shape index (κ3) is 5.14. The summed E-state index contributed by atoms with van der Waals surface area (Å²) in [5, 5.41) is 11.8. The molecule has 29 heavy (non-hydrogen) atoms. The summed E-state index contributed by atoms with van der Waals surface area (Å²) in [6, 6.07) is 9.68. The number of carboxylic acid groups (broad SMARTS) is 1. The monoisotopic (exact) mass is 436 g/mol. The van der Waals surface area contributed by atoms with Gasteiger partial charge in [0.05, 0.1) is 26.7 Å². The van der Waals surface area contributed by atoms with Crippen molar-refractivity contribution in [1.29, 1.82) is 0 Å². The van der Waals surface area contributed by atoms with Gasteiger partial charge >= 0.3 is 5.97 Å². The zero-order valence-corrected chi connectivity index (χ0v) is 17.1. The molecule has 2 aromatic rings. The van der Waals surface area contributed by atoms with E-state index in [0.29, 0.717) is 0 Å². The molecule has 9 heteroatoms. The number of aromatic carboxylic acids is 1. The SMILES string of the molecule is O=C(Nc1ccccc1C(=O)O)c1cc(S(=O)(=O)NC2CCCCC2)ccc1Cl. The number of para-hydroxylation sites is 1. The lowest BCUT2D eigenvalue weighted by atomic mass is 9.96. The minimum absolute atomic E-state index is 0.0571. The van der Waals surface area contributed by atoms with Crippen molar-refractivity contribution in [2.75, 3.05) is 5.32 Å². The van der Waals surface area contributed by atoms with Gasteiger partial charge in [0.25, 0.3) is 5.91 Å². The zero-order chi connectivity index (χ0) is 21.0. The van der Waals surface area contributed by atoms with Gasteiger partial charge in [-0.25, -0.2) is 17.9 Å². The van der Waals surface area contributed by atoms with Crippen molar-refractivity contribution in [2.24, 2.45) is 0 Å². The standard InChI is InChI=1S/C20H21ClN2O5S/c21-17-11-10-14(29(27,28)23-13-6-2-1-3-7-13)12-16(17)19(24)22-18-9-5-4-8-15(18)20(25)26/h4-5,8-13,23H,1-3,6-7H2,(H,22,24)(H,25,26). The Hall–Kier alpha value is -2.42. The number of rotatable bonds is 6. The second-order valence-electron chi connectivity index (χ2n) is 6.90. The highest BCUT2D eigenvalue weighted by Crippen LogP contribution is 2.25. The summed E-state index contributed by atoms with van der Waals surface area (Å²) in [5.74, 6) is -1.89. The van der Waals surface area contributed by atoms with Crippen LogP contribution in [0.15, 0.2) is 47.4 Å². The second kappa shape index (κ2) is 8.94. The highest BCUT2D eigenvalue weighted by molar-refractivity contribution is 7.89. The molecule has 0 atom stereocenters. The maximum atomic E-state index is 12.7. The molecule has 7 nitrogen and oxygen atoms in total. The van der Waals surface area contributed by atoms with Crippen LogP contribution in [-0.4, -0.2) is 31.4 Å². The first-order valence-corrected chi connectivity index (χ1v) is 11.1. The average molecular weight is 437 g/mol. The number of carbonyl (C=O) groups excluding carboxylic acids is 1. The first kappa shape index (κ1) is 21.3. The van der Waals surface area contributed by atoms with E-state index >= 15 is 0 Å². The summed E-state index contributed by atoms with van der Waals surface area (Å²) in [4.78, 5) is 23.9. The van der Waals surface area contributed by atoms with Crippen LogP contribution in [0.25, 0.3) is 0 Å². The molecule has 1 amide bonds. The van der Waals surface area contributed by atoms with Crippen molar-refractivity contribution >= 4 is 39.2 Å². The van der Waals surface area contributed by atoms with E-state index in [4.69, 9.17) is 11.6 Å². The molecule has 0 saturated heterocycles. The molecule has 3 N–H and O–H groups in total. The predicted octanol–water partition coefficient (Wildman–Crippen LogP) is 3.90. The van der Waals surface area contributed by atoms with Gasteiger partial charge < -0.3 is 10.4 Å². The molecule has 2 aromatic carbocycles. The van der Waals surface area contributed by atoms with Crippen LogP contribution in [0.4, 0.5) is 5.69 Å². The van der Waals surface area contributed by atoms with Gasteiger partial charge in [-0.2, -0.15) is 0 Å². The van der Waals surface area contributed by atoms with E-state index in [9.17, 15) is 23.1 Å². The lowest BCUT2D eigenvalue weighted by Gasteiger charge is -2.22. The van der Waals surface area contributed by atoms with E-state index in [0.717, 1.165) is 32.1 Å². The van der Waals surface area contributed by atoms with Crippen molar-refractivity contribution in [2.45, 2.75) is 43.0 Å². The number of sulfonamides is 1. The van der Waals surface area contributed by atoms with Crippen molar-refractivity contribution in [3.05, 3.63) is 58.6 Å². The van der Waals surface area contributed by atoms with E-state index < -0.39 is 21.9 Å². The number of halogens is 1. The molecular weight excluding hydrogens is 416 g/mol. The maximum absolute atomic E-state index is 12.7. The van der Waals surface area contributed by atoms with Gasteiger partial charge in [0.1, 0.15) is 0 Å². The van der Waals surface area contributed by atoms with Crippen LogP contribution in [0, 0.1) is 0 Å². The Bertz CT molecular complexity index is 1030. The average Bonchev–Trinajstić information content (AvgIpc) is 2.68. The van der Waals surface area contributed by atoms with Crippen LogP contribution in [0.5, 0.6) is 0 Å². The fourth-order valence-corrected chi connectivity index (χ4v) is 4.86. The first-order chi connectivity index (χ1) is 13.8. The van der Waals surface area contributed by atoms with Crippen molar-refractivity contribution < 1.29 is 23.1 Å². The van der Waals surface area contributed by atoms with Crippen molar-refractivity contribution in [3.63, 3.8) is 0 Å². The minimum atomic E-state index is -3.81. The Morgan fingerprint density at radius 1 is 1.00 bits per heavy atom. The van der Waals surface area contributed by atoms with E-state index in [1.807, 2.05) is 0 Å². The first-order valence-electron chi connectivity index (χ1n) is 9.23. The van der Waals surface area contributed by atoms with E-state index in [-0.39, 0.29) is 32.8 Å². The molecule has 3 rings (SSSR count). The molecule has 1 aliphatic rings. The molecule has 1 fully saturated rings. The Morgan fingerprint density at radius 2 is 1.69 bits per heavy atom. The topological polar surface area (TPSA) is 113 Å². The zero-order valence-electron chi connectivity index (χ0n) is 15.5. The highest BCUT2D eigenvalue weighted by Gasteiger charge is 2.24. The van der Waals surface area contributed by atoms with Gasteiger partial charge in [0.15, 0.2) is 0 Å². The maximum Gasteiger partial charge on any atom is 0.337 e. The van der Waals surface area contributed by atoms with Gasteiger partial charge in [-0.1, -0.05) is 43.0 Å². The van der Waals surface area contributed by atoms with Crippen LogP contribution >= 0.6 is 11.6 Å². The summed E-state index contributed by atoms with van der Waals surface area (Å²) in [6.07, 6.45) is 4.62. The van der Waals surface area contributed by atoms with Crippen LogP contribution in [0.3, 0.4) is 0 Å². The fourth-order valence-electron chi connectivity index (χ4n) is 3.32. The van der Waals surface area contributed by atoms with Crippen molar-refractivity contribution in [1.82, 2.24) is 4.72 Å². The molecule has 1 saturated carbocycles. The number of nitrogens with one attached hydrogen (secondary N) is 2. The number of hydrogen-bond donors (Lipinski definition) is 3. The van der Waals surface area contributed by atoms with E-state index in [2.05, 4.69) is 10.0 Å². The van der Waals surface area contributed by atoms with E-state index in [1.165, 1.54) is 36.4 Å². The smallest absolute Gasteiger partial charge is 0.337 e. The Kier molecular flexibility index (Phi) is 6.56. The van der Waals surface area contributed by atoms with Crippen LogP contribution < -0.4 is 10.0 Å². The number of anilines is 1. The van der Waals surface area contributed by atoms with Gasteiger partial charge in [-0.3, -0.25) is 4.79 Å². The highest BCUT2D eigenvalue weighted by atomic mass is 35.5. The van der Waals surface area contributed by atoms with Gasteiger partial charge in [0, 0.05) is 6.04 Å². The summed E-state index contributed by atoms with van der Waals surface area (Å²) >= 11 is 6.11. The molecule has 0 radical (unpaired) electrons. The minimum Gasteiger partial charge on any atom is -0.478 e. The van der Waals surface area contributed by atoms with Gasteiger partial charge in [-0.05, 0) is 43.2 Å². The molecule has 0 bridgehead atoms. The molecule has 0 aromatic heterocycles. The molecule has 154 valence electrons. The lowest BCUT2D eigenvalue weighted by Crippen LogP contribution is -2.36. The van der Waals surface area contributed by atoms with Crippen LogP contribution in [-0.2, 0) is 10.0 Å². The van der Waals surface area contributed by atoms with Crippen molar-refractivity contribution in [3.8, 4) is 0 Å². The number of carboxylic acids is 1.